The number of piperazine rings is 1. The van der Waals surface area contributed by atoms with Crippen molar-refractivity contribution in [3.63, 3.8) is 0 Å². The second kappa shape index (κ2) is 12.0. The Kier molecular flexibility index (Phi) is 8.43. The highest BCUT2D eigenvalue weighted by atomic mass is 19.3. The van der Waals surface area contributed by atoms with Gasteiger partial charge in [-0.05, 0) is 30.4 Å². The largest absolute Gasteiger partial charge is 0.496 e. The molecule has 0 bridgehead atoms. The fourth-order valence-corrected chi connectivity index (χ4v) is 5.55. The molecule has 3 heterocycles. The van der Waals surface area contributed by atoms with Gasteiger partial charge in [0.05, 0.1) is 26.5 Å². The van der Waals surface area contributed by atoms with Gasteiger partial charge in [0.1, 0.15) is 16.8 Å². The Morgan fingerprint density at radius 1 is 1.10 bits per heavy atom. The van der Waals surface area contributed by atoms with E-state index < -0.39 is 5.92 Å². The summed E-state index contributed by atoms with van der Waals surface area (Å²) >= 11 is 0. The van der Waals surface area contributed by atoms with Crippen LogP contribution in [0.15, 0.2) is 24.4 Å². The smallest absolute Gasteiger partial charge is 0.248 e. The second-order valence-electron chi connectivity index (χ2n) is 10.6. The monoisotopic (exact) mass is 544 g/mol. The number of rotatable bonds is 10. The molecule has 3 aromatic rings. The predicted molar refractivity (Wildman–Crippen MR) is 146 cm³/mol. The van der Waals surface area contributed by atoms with Gasteiger partial charge >= 0.3 is 0 Å². The van der Waals surface area contributed by atoms with Gasteiger partial charge in [0.15, 0.2) is 5.82 Å². The van der Waals surface area contributed by atoms with Crippen LogP contribution in [0.2, 0.25) is 0 Å². The number of fused-ring (bicyclic) bond motifs is 1. The molecule has 0 spiro atoms. The number of ether oxygens (including phenoxy) is 1. The number of hydrogen-bond donors (Lipinski definition) is 3. The number of alkyl halides is 2. The molecule has 2 aromatic heterocycles. The summed E-state index contributed by atoms with van der Waals surface area (Å²) in [6.45, 7) is 6.59. The fraction of sp³-hybridized carbons (Fsp3) is 0.593. The zero-order valence-electron chi connectivity index (χ0n) is 22.5. The summed E-state index contributed by atoms with van der Waals surface area (Å²) in [5, 5.41) is 17.1. The molecular formula is C27H38F2N8O2. The molecule has 1 saturated carbocycles. The van der Waals surface area contributed by atoms with Crippen LogP contribution >= 0.6 is 0 Å². The summed E-state index contributed by atoms with van der Waals surface area (Å²) in [6, 6.07) is 6.26. The molecule has 0 unspecified atom stereocenters. The third-order valence-electron chi connectivity index (χ3n) is 7.86. The summed E-state index contributed by atoms with van der Waals surface area (Å²) < 4.78 is 34.7. The van der Waals surface area contributed by atoms with Crippen molar-refractivity contribution in [1.29, 1.82) is 0 Å². The van der Waals surface area contributed by atoms with E-state index in [-0.39, 0.29) is 31.3 Å². The van der Waals surface area contributed by atoms with Crippen molar-refractivity contribution >= 4 is 22.8 Å². The first-order valence-electron chi connectivity index (χ1n) is 13.7. The van der Waals surface area contributed by atoms with Crippen LogP contribution in [0.5, 0.6) is 5.75 Å². The average Bonchev–Trinajstić information content (AvgIpc) is 3.32. The lowest BCUT2D eigenvalue weighted by Gasteiger charge is -2.34. The van der Waals surface area contributed by atoms with E-state index in [2.05, 4.69) is 48.4 Å². The van der Waals surface area contributed by atoms with Crippen LogP contribution in [0.25, 0.3) is 11.0 Å². The van der Waals surface area contributed by atoms with Gasteiger partial charge < -0.3 is 20.9 Å². The molecular weight excluding hydrogens is 506 g/mol. The first-order chi connectivity index (χ1) is 18.8. The van der Waals surface area contributed by atoms with Crippen LogP contribution in [0.4, 0.5) is 20.5 Å². The topological polar surface area (TPSA) is 118 Å². The van der Waals surface area contributed by atoms with E-state index in [1.165, 1.54) is 5.56 Å². The number of benzene rings is 1. The fourth-order valence-electron chi connectivity index (χ4n) is 5.55. The Hall–Kier alpha value is -3.09. The molecule has 5 rings (SSSR count). The van der Waals surface area contributed by atoms with Gasteiger partial charge in [-0.1, -0.05) is 12.1 Å². The first-order valence-corrected chi connectivity index (χ1v) is 13.7. The van der Waals surface area contributed by atoms with Crippen molar-refractivity contribution in [3.8, 4) is 5.75 Å². The number of anilines is 2. The highest BCUT2D eigenvalue weighted by Gasteiger charge is 2.34. The molecule has 1 aliphatic carbocycles. The molecule has 0 atom stereocenters. The van der Waals surface area contributed by atoms with Gasteiger partial charge in [-0.3, -0.25) is 14.5 Å². The Balaban J connectivity index is 1.29. The van der Waals surface area contributed by atoms with Crippen molar-refractivity contribution in [2.75, 3.05) is 64.0 Å². The number of aromatic nitrogens is 4. The maximum atomic E-state index is 13.6. The van der Waals surface area contributed by atoms with Crippen molar-refractivity contribution < 1.29 is 18.6 Å². The molecule has 4 N–H and O–H groups in total. The Bertz CT molecular complexity index is 1250. The van der Waals surface area contributed by atoms with Crippen LogP contribution in [0.1, 0.15) is 36.8 Å². The lowest BCUT2D eigenvalue weighted by Crippen LogP contribution is -2.46. The number of aliphatic hydroxyl groups is 1. The molecule has 10 nitrogen and oxygen atoms in total. The summed E-state index contributed by atoms with van der Waals surface area (Å²) in [4.78, 5) is 13.5. The molecule has 0 amide bonds. The van der Waals surface area contributed by atoms with Crippen LogP contribution in [0.3, 0.4) is 0 Å². The van der Waals surface area contributed by atoms with Gasteiger partial charge in [-0.2, -0.15) is 10.1 Å². The van der Waals surface area contributed by atoms with Crippen LogP contribution < -0.4 is 15.8 Å². The molecule has 39 heavy (non-hydrogen) atoms. The van der Waals surface area contributed by atoms with E-state index in [0.29, 0.717) is 37.3 Å². The highest BCUT2D eigenvalue weighted by molar-refractivity contribution is 5.86. The maximum absolute atomic E-state index is 13.6. The number of hydrogen-bond acceptors (Lipinski definition) is 9. The Morgan fingerprint density at radius 3 is 2.56 bits per heavy atom. The normalized spacial score (nSPS) is 19.0. The molecule has 2 fully saturated rings. The Morgan fingerprint density at radius 2 is 1.85 bits per heavy atom. The van der Waals surface area contributed by atoms with Gasteiger partial charge in [0, 0.05) is 64.2 Å². The van der Waals surface area contributed by atoms with Crippen molar-refractivity contribution in [1.82, 2.24) is 29.5 Å². The van der Waals surface area contributed by atoms with Crippen molar-refractivity contribution in [2.45, 2.75) is 44.7 Å². The minimum atomic E-state index is -2.55. The van der Waals surface area contributed by atoms with Gasteiger partial charge in [-0.25, -0.2) is 13.8 Å². The third kappa shape index (κ3) is 6.74. The van der Waals surface area contributed by atoms with Gasteiger partial charge in [-0.15, -0.1) is 0 Å². The summed E-state index contributed by atoms with van der Waals surface area (Å²) in [5.74, 6) is -0.922. The number of nitrogens with zero attached hydrogens (tertiary/aromatic N) is 6. The molecule has 2 aliphatic rings. The second-order valence-corrected chi connectivity index (χ2v) is 10.6. The number of methoxy groups -OCH3 is 1. The standard InChI is InChI=1S/C27H38F2N8O2/c1-39-23-14-20(17-36-10-8-35(9-11-36)12-13-38)2-3-21(23)18-37-24-22(16-32-37)33-26(30)34-25(24)31-15-19-4-6-27(28,29)7-5-19/h2-3,14,16,19,38H,4-13,15,17-18H2,1H3,(H3,30,31,33,34). The zero-order chi connectivity index (χ0) is 27.4. The van der Waals surface area contributed by atoms with Gasteiger partial charge in [0.2, 0.25) is 11.9 Å². The third-order valence-corrected chi connectivity index (χ3v) is 7.86. The van der Waals surface area contributed by atoms with Crippen LogP contribution in [-0.4, -0.2) is 93.6 Å². The molecule has 12 heteroatoms. The quantitative estimate of drug-likeness (QED) is 0.354. The van der Waals surface area contributed by atoms with Crippen molar-refractivity contribution in [2.24, 2.45) is 5.92 Å². The molecule has 0 radical (unpaired) electrons. The highest BCUT2D eigenvalue weighted by Crippen LogP contribution is 2.36. The lowest BCUT2D eigenvalue weighted by molar-refractivity contribution is -0.0443. The van der Waals surface area contributed by atoms with Crippen LogP contribution in [-0.2, 0) is 13.1 Å². The molecule has 1 aliphatic heterocycles. The number of nitrogen functional groups attached to an aromatic ring is 1. The zero-order valence-corrected chi connectivity index (χ0v) is 22.5. The van der Waals surface area contributed by atoms with Gasteiger partial charge in [0.25, 0.3) is 0 Å². The summed E-state index contributed by atoms with van der Waals surface area (Å²) in [5.41, 5.74) is 9.44. The van der Waals surface area contributed by atoms with E-state index in [4.69, 9.17) is 15.6 Å². The van der Waals surface area contributed by atoms with Crippen molar-refractivity contribution in [3.05, 3.63) is 35.5 Å². The molecule has 1 aromatic carbocycles. The Labute approximate surface area is 227 Å². The molecule has 212 valence electrons. The van der Waals surface area contributed by atoms with Crippen LogP contribution in [0, 0.1) is 5.92 Å². The number of β-amino-alcohol motifs (C(OH)–C–C–N with tert-alkyl or cyclic N) is 1. The van der Waals surface area contributed by atoms with E-state index in [1.807, 2.05) is 4.68 Å². The number of aliphatic hydroxyl groups excluding tert-OH is 1. The lowest BCUT2D eigenvalue weighted by atomic mass is 9.87. The first kappa shape index (κ1) is 27.5. The van der Waals surface area contributed by atoms with E-state index in [0.717, 1.165) is 56.1 Å². The SMILES string of the molecule is COc1cc(CN2CCN(CCO)CC2)ccc1Cn1ncc2nc(N)nc(NCC3CCC(F)(F)CC3)c21. The number of halogens is 2. The number of nitrogens with one attached hydrogen (secondary N) is 1. The van der Waals surface area contributed by atoms with E-state index in [9.17, 15) is 8.78 Å². The van der Waals surface area contributed by atoms with E-state index in [1.54, 1.807) is 13.3 Å². The minimum absolute atomic E-state index is 0.0751. The summed E-state index contributed by atoms with van der Waals surface area (Å²) in [6.07, 6.45) is 2.47. The van der Waals surface area contributed by atoms with E-state index >= 15 is 0 Å². The predicted octanol–water partition coefficient (Wildman–Crippen LogP) is 2.81. The molecule has 1 saturated heterocycles. The number of nitrogens with two attached hydrogens (primary N) is 1. The maximum Gasteiger partial charge on any atom is 0.248 e. The summed E-state index contributed by atoms with van der Waals surface area (Å²) in [7, 11) is 1.67. The average molecular weight is 545 g/mol. The minimum Gasteiger partial charge on any atom is -0.496 e.